The number of rotatable bonds is 5. The van der Waals surface area contributed by atoms with E-state index in [0.717, 1.165) is 6.42 Å². The number of hydrogen-bond acceptors (Lipinski definition) is 3. The molecule has 0 aliphatic carbocycles. The highest BCUT2D eigenvalue weighted by Gasteiger charge is 2.46. The predicted molar refractivity (Wildman–Crippen MR) is 102 cm³/mol. The van der Waals surface area contributed by atoms with Crippen molar-refractivity contribution in [1.29, 1.82) is 0 Å². The Morgan fingerprint density at radius 2 is 1.81 bits per heavy atom. The van der Waals surface area contributed by atoms with Gasteiger partial charge in [-0.3, -0.25) is 9.59 Å². The number of aliphatic hydroxyl groups excluding tert-OH is 1. The lowest BCUT2D eigenvalue weighted by Gasteiger charge is -2.25. The summed E-state index contributed by atoms with van der Waals surface area (Å²) in [6, 6.07) is 11.3. The van der Waals surface area contributed by atoms with Crippen LogP contribution in [-0.2, 0) is 9.59 Å². The predicted octanol–water partition coefficient (Wildman–Crippen LogP) is 4.70. The lowest BCUT2D eigenvalue weighted by molar-refractivity contribution is -0.139. The number of unbranched alkanes of at least 4 members (excludes halogenated alkanes) is 1. The first kappa shape index (κ1) is 19.1. The van der Waals surface area contributed by atoms with Crippen molar-refractivity contribution in [3.8, 4) is 0 Å². The van der Waals surface area contributed by atoms with Gasteiger partial charge in [0.15, 0.2) is 0 Å². The van der Waals surface area contributed by atoms with E-state index in [0.29, 0.717) is 23.6 Å². The maximum atomic E-state index is 14.5. The number of carbonyl (C=O) groups excluding carboxylic acids is 2. The average Bonchev–Trinajstić information content (AvgIpc) is 2.91. The summed E-state index contributed by atoms with van der Waals surface area (Å²) in [6.45, 7) is 2.26. The van der Waals surface area contributed by atoms with Crippen LogP contribution in [0.15, 0.2) is 54.1 Å². The van der Waals surface area contributed by atoms with E-state index in [1.807, 2.05) is 6.92 Å². The summed E-state index contributed by atoms with van der Waals surface area (Å²) in [5, 5.41) is 11.3. The minimum absolute atomic E-state index is 0.108. The van der Waals surface area contributed by atoms with Crippen molar-refractivity contribution in [2.24, 2.45) is 0 Å². The maximum Gasteiger partial charge on any atom is 0.295 e. The molecule has 1 saturated heterocycles. The fraction of sp³-hybridized carbons (Fsp3) is 0.238. The van der Waals surface area contributed by atoms with Crippen LogP contribution in [0.3, 0.4) is 0 Å². The fourth-order valence-corrected chi connectivity index (χ4v) is 3.35. The third-order valence-electron chi connectivity index (χ3n) is 4.61. The zero-order valence-corrected chi connectivity index (χ0v) is 15.5. The third-order valence-corrected chi connectivity index (χ3v) is 4.86. The SMILES string of the molecule is CCCCN1C(=O)C(=O)C(=C(O)c2ccc(Cl)cc2)C1c1ccccc1F. The Balaban J connectivity index is 2.18. The lowest BCUT2D eigenvalue weighted by Crippen LogP contribution is -2.31. The number of aliphatic hydroxyl groups is 1. The molecule has 27 heavy (non-hydrogen) atoms. The molecule has 0 spiro atoms. The van der Waals surface area contributed by atoms with Crippen molar-refractivity contribution < 1.29 is 19.1 Å². The topological polar surface area (TPSA) is 57.6 Å². The number of carbonyl (C=O) groups is 2. The summed E-state index contributed by atoms with van der Waals surface area (Å²) in [5.41, 5.74) is 0.418. The molecular formula is C21H19ClFNO3. The van der Waals surface area contributed by atoms with Gasteiger partial charge in [0.1, 0.15) is 11.6 Å². The zero-order chi connectivity index (χ0) is 19.6. The first-order valence-corrected chi connectivity index (χ1v) is 9.12. The van der Waals surface area contributed by atoms with E-state index in [9.17, 15) is 19.1 Å². The second-order valence-corrected chi connectivity index (χ2v) is 6.81. The fourth-order valence-electron chi connectivity index (χ4n) is 3.22. The Morgan fingerprint density at radius 1 is 1.15 bits per heavy atom. The van der Waals surface area contributed by atoms with Gasteiger partial charge >= 0.3 is 0 Å². The first-order valence-electron chi connectivity index (χ1n) is 8.74. The highest BCUT2D eigenvalue weighted by molar-refractivity contribution is 6.46. The van der Waals surface area contributed by atoms with E-state index < -0.39 is 23.5 Å². The molecule has 1 amide bonds. The van der Waals surface area contributed by atoms with Gasteiger partial charge in [0.2, 0.25) is 0 Å². The Hall–Kier alpha value is -2.66. The molecule has 1 aliphatic rings. The highest BCUT2D eigenvalue weighted by Crippen LogP contribution is 2.40. The van der Waals surface area contributed by atoms with E-state index in [1.165, 1.54) is 23.1 Å². The van der Waals surface area contributed by atoms with E-state index in [-0.39, 0.29) is 16.9 Å². The molecule has 1 unspecified atom stereocenters. The Kier molecular flexibility index (Phi) is 5.61. The molecular weight excluding hydrogens is 369 g/mol. The van der Waals surface area contributed by atoms with Crippen molar-refractivity contribution in [3.05, 3.63) is 76.1 Å². The Morgan fingerprint density at radius 3 is 2.44 bits per heavy atom. The molecule has 0 saturated carbocycles. The number of likely N-dealkylation sites (tertiary alicyclic amines) is 1. The summed E-state index contributed by atoms with van der Waals surface area (Å²) < 4.78 is 14.5. The normalized spacial score (nSPS) is 18.9. The number of nitrogens with zero attached hydrogens (tertiary/aromatic N) is 1. The zero-order valence-electron chi connectivity index (χ0n) is 14.8. The third kappa shape index (κ3) is 3.60. The molecule has 0 radical (unpaired) electrons. The smallest absolute Gasteiger partial charge is 0.295 e. The van der Waals surface area contributed by atoms with E-state index >= 15 is 0 Å². The van der Waals surface area contributed by atoms with Crippen LogP contribution in [0.25, 0.3) is 5.76 Å². The molecule has 0 aromatic heterocycles. The van der Waals surface area contributed by atoms with Crippen molar-refractivity contribution in [2.75, 3.05) is 6.54 Å². The van der Waals surface area contributed by atoms with Crippen LogP contribution in [0, 0.1) is 5.82 Å². The lowest BCUT2D eigenvalue weighted by atomic mass is 9.95. The van der Waals surface area contributed by atoms with Crippen LogP contribution < -0.4 is 0 Å². The van der Waals surface area contributed by atoms with E-state index in [1.54, 1.807) is 30.3 Å². The number of hydrogen-bond donors (Lipinski definition) is 1. The van der Waals surface area contributed by atoms with Crippen LogP contribution >= 0.6 is 11.6 Å². The molecule has 1 fully saturated rings. The highest BCUT2D eigenvalue weighted by atomic mass is 35.5. The van der Waals surface area contributed by atoms with Gasteiger partial charge in [-0.2, -0.15) is 0 Å². The monoisotopic (exact) mass is 387 g/mol. The second-order valence-electron chi connectivity index (χ2n) is 6.37. The largest absolute Gasteiger partial charge is 0.507 e. The molecule has 140 valence electrons. The van der Waals surface area contributed by atoms with Gasteiger partial charge in [-0.05, 0) is 36.8 Å². The van der Waals surface area contributed by atoms with Crippen LogP contribution in [0.5, 0.6) is 0 Å². The number of halogens is 2. The van der Waals surface area contributed by atoms with Crippen molar-refractivity contribution in [2.45, 2.75) is 25.8 Å². The summed E-state index contributed by atoms with van der Waals surface area (Å²) >= 11 is 5.88. The Labute approximate surface area is 161 Å². The molecule has 3 rings (SSSR count). The molecule has 2 aromatic rings. The first-order chi connectivity index (χ1) is 13.0. The molecule has 0 bridgehead atoms. The number of amides is 1. The average molecular weight is 388 g/mol. The van der Waals surface area contributed by atoms with Crippen LogP contribution in [0.4, 0.5) is 4.39 Å². The number of benzene rings is 2. The standard InChI is InChI=1S/C21H19ClFNO3/c1-2-3-12-24-18(15-6-4-5-7-16(15)23)17(20(26)21(24)27)19(25)13-8-10-14(22)11-9-13/h4-11,18,25H,2-3,12H2,1H3. The molecule has 1 atom stereocenters. The van der Waals surface area contributed by atoms with Gasteiger partial charge in [-0.15, -0.1) is 0 Å². The number of Topliss-reactive ketones (excluding diaryl/α,β-unsaturated/α-hetero) is 1. The van der Waals surface area contributed by atoms with Crippen molar-refractivity contribution in [3.63, 3.8) is 0 Å². The van der Waals surface area contributed by atoms with Gasteiger partial charge in [0.25, 0.3) is 11.7 Å². The van der Waals surface area contributed by atoms with Crippen LogP contribution in [-0.4, -0.2) is 28.2 Å². The summed E-state index contributed by atoms with van der Waals surface area (Å²) in [4.78, 5) is 26.6. The summed E-state index contributed by atoms with van der Waals surface area (Å²) in [5.74, 6) is -2.41. The second kappa shape index (κ2) is 7.92. The minimum atomic E-state index is -0.964. The Bertz CT molecular complexity index is 908. The van der Waals surface area contributed by atoms with Gasteiger partial charge in [0.05, 0.1) is 11.6 Å². The van der Waals surface area contributed by atoms with Crippen LogP contribution in [0.1, 0.15) is 36.9 Å². The molecule has 1 aliphatic heterocycles. The van der Waals surface area contributed by atoms with Gasteiger partial charge in [-0.25, -0.2) is 4.39 Å². The van der Waals surface area contributed by atoms with Gasteiger partial charge in [-0.1, -0.05) is 43.1 Å². The molecule has 1 heterocycles. The van der Waals surface area contributed by atoms with Gasteiger partial charge in [0, 0.05) is 22.7 Å². The van der Waals surface area contributed by atoms with E-state index in [4.69, 9.17) is 11.6 Å². The maximum absolute atomic E-state index is 14.5. The molecule has 4 nitrogen and oxygen atoms in total. The summed E-state index contributed by atoms with van der Waals surface area (Å²) in [6.07, 6.45) is 1.48. The van der Waals surface area contributed by atoms with Gasteiger partial charge < -0.3 is 10.0 Å². The van der Waals surface area contributed by atoms with Crippen molar-refractivity contribution >= 4 is 29.1 Å². The quantitative estimate of drug-likeness (QED) is 0.459. The van der Waals surface area contributed by atoms with E-state index in [2.05, 4.69) is 0 Å². The van der Waals surface area contributed by atoms with Crippen LogP contribution in [0.2, 0.25) is 5.02 Å². The number of ketones is 1. The molecule has 2 aromatic carbocycles. The molecule has 1 N–H and O–H groups in total. The molecule has 6 heteroatoms. The summed E-state index contributed by atoms with van der Waals surface area (Å²) in [7, 11) is 0. The minimum Gasteiger partial charge on any atom is -0.507 e. The van der Waals surface area contributed by atoms with Crippen molar-refractivity contribution in [1.82, 2.24) is 4.90 Å².